The van der Waals surface area contributed by atoms with E-state index in [-0.39, 0.29) is 5.97 Å². The topological polar surface area (TPSA) is 26.3 Å². The summed E-state index contributed by atoms with van der Waals surface area (Å²) in [5.41, 5.74) is 0. The van der Waals surface area contributed by atoms with Crippen LogP contribution in [-0.4, -0.2) is 18.5 Å². The molecule has 0 atom stereocenters. The van der Waals surface area contributed by atoms with Crippen molar-refractivity contribution >= 4 is 17.6 Å². The summed E-state index contributed by atoms with van der Waals surface area (Å²) in [7, 11) is 0. The first kappa shape index (κ1) is 12.8. The highest BCUT2D eigenvalue weighted by Crippen LogP contribution is 2.05. The maximum Gasteiger partial charge on any atom is 0.302 e. The lowest BCUT2D eigenvalue weighted by Gasteiger charge is -2.01. The summed E-state index contributed by atoms with van der Waals surface area (Å²) in [5.74, 6) is 0.593. The smallest absolute Gasteiger partial charge is 0.302 e. The zero-order chi connectivity index (χ0) is 9.94. The van der Waals surface area contributed by atoms with Gasteiger partial charge in [-0.1, -0.05) is 25.7 Å². The van der Waals surface area contributed by atoms with Crippen LogP contribution in [-0.2, 0) is 9.53 Å². The van der Waals surface area contributed by atoms with Gasteiger partial charge in [0.05, 0.1) is 6.61 Å². The lowest BCUT2D eigenvalue weighted by molar-refractivity contribution is -0.141. The second-order valence-corrected chi connectivity index (χ2v) is 3.53. The van der Waals surface area contributed by atoms with Crippen molar-refractivity contribution in [2.45, 2.75) is 45.4 Å². The minimum absolute atomic E-state index is 0.179. The third-order valence-electron chi connectivity index (χ3n) is 1.83. The summed E-state index contributed by atoms with van der Waals surface area (Å²) < 4.78 is 4.81. The van der Waals surface area contributed by atoms with Crippen molar-refractivity contribution in [2.75, 3.05) is 12.5 Å². The monoisotopic (exact) mass is 206 g/mol. The van der Waals surface area contributed by atoms with Gasteiger partial charge in [0.2, 0.25) is 0 Å². The highest BCUT2D eigenvalue weighted by molar-refractivity contribution is 6.17. The maximum absolute atomic E-state index is 10.4. The van der Waals surface area contributed by atoms with Crippen LogP contribution in [0.1, 0.15) is 45.4 Å². The predicted octanol–water partition coefficient (Wildman–Crippen LogP) is 3.13. The van der Waals surface area contributed by atoms with Crippen LogP contribution in [0.2, 0.25) is 0 Å². The third kappa shape index (κ3) is 11.8. The van der Waals surface area contributed by atoms with Crippen LogP contribution in [0.4, 0.5) is 0 Å². The molecule has 0 saturated heterocycles. The maximum atomic E-state index is 10.4. The van der Waals surface area contributed by atoms with E-state index in [0.29, 0.717) is 6.61 Å². The molecule has 0 rings (SSSR count). The normalized spacial score (nSPS) is 10.0. The van der Waals surface area contributed by atoms with Crippen molar-refractivity contribution in [3.05, 3.63) is 0 Å². The van der Waals surface area contributed by atoms with Crippen LogP contribution in [0.5, 0.6) is 0 Å². The fourth-order valence-corrected chi connectivity index (χ4v) is 1.31. The zero-order valence-corrected chi connectivity index (χ0v) is 9.11. The van der Waals surface area contributed by atoms with E-state index in [9.17, 15) is 4.79 Å². The van der Waals surface area contributed by atoms with Gasteiger partial charge in [-0.3, -0.25) is 4.79 Å². The van der Waals surface area contributed by atoms with E-state index < -0.39 is 0 Å². The third-order valence-corrected chi connectivity index (χ3v) is 2.10. The van der Waals surface area contributed by atoms with E-state index in [1.54, 1.807) is 0 Å². The molecule has 0 fully saturated rings. The van der Waals surface area contributed by atoms with Crippen LogP contribution in [0, 0.1) is 0 Å². The first-order valence-electron chi connectivity index (χ1n) is 4.96. The van der Waals surface area contributed by atoms with Crippen LogP contribution in [0.25, 0.3) is 0 Å². The number of carbonyl (C=O) groups excluding carboxylic acids is 1. The van der Waals surface area contributed by atoms with Crippen LogP contribution < -0.4 is 0 Å². The molecule has 0 aliphatic carbocycles. The quantitative estimate of drug-likeness (QED) is 0.347. The van der Waals surface area contributed by atoms with E-state index in [0.717, 1.165) is 25.1 Å². The molecule has 0 aliphatic heterocycles. The van der Waals surface area contributed by atoms with Gasteiger partial charge in [0, 0.05) is 12.8 Å². The van der Waals surface area contributed by atoms with Gasteiger partial charge >= 0.3 is 5.97 Å². The molecule has 0 aromatic rings. The number of unbranched alkanes of at least 4 members (excludes halogenated alkanes) is 5. The Bertz CT molecular complexity index is 126. The molecule has 0 unspecified atom stereocenters. The van der Waals surface area contributed by atoms with Gasteiger partial charge in [-0.05, 0) is 12.8 Å². The van der Waals surface area contributed by atoms with Gasteiger partial charge in [0.25, 0.3) is 0 Å². The van der Waals surface area contributed by atoms with Gasteiger partial charge in [-0.2, -0.15) is 0 Å². The van der Waals surface area contributed by atoms with Crippen molar-refractivity contribution < 1.29 is 9.53 Å². The summed E-state index contributed by atoms with van der Waals surface area (Å²) in [4.78, 5) is 10.4. The second kappa shape index (κ2) is 9.85. The lowest BCUT2D eigenvalue weighted by atomic mass is 10.1. The molecule has 0 aliphatic rings. The fraction of sp³-hybridized carbons (Fsp3) is 0.900. The summed E-state index contributed by atoms with van der Waals surface area (Å²) in [5, 5.41) is 0. The number of esters is 1. The van der Waals surface area contributed by atoms with Crippen molar-refractivity contribution in [3.63, 3.8) is 0 Å². The molecule has 13 heavy (non-hydrogen) atoms. The van der Waals surface area contributed by atoms with E-state index >= 15 is 0 Å². The average molecular weight is 207 g/mol. The van der Waals surface area contributed by atoms with Crippen molar-refractivity contribution in [1.82, 2.24) is 0 Å². The molecule has 0 radical (unpaired) electrons. The molecular weight excluding hydrogens is 188 g/mol. The number of hydrogen-bond donors (Lipinski definition) is 0. The van der Waals surface area contributed by atoms with E-state index in [1.165, 1.54) is 26.2 Å². The lowest BCUT2D eigenvalue weighted by Crippen LogP contribution is -2.00. The number of hydrogen-bond acceptors (Lipinski definition) is 2. The van der Waals surface area contributed by atoms with Crippen LogP contribution in [0.15, 0.2) is 0 Å². The minimum Gasteiger partial charge on any atom is -0.466 e. The molecule has 0 heterocycles. The van der Waals surface area contributed by atoms with Crippen molar-refractivity contribution in [1.29, 1.82) is 0 Å². The molecule has 0 amide bonds. The first-order chi connectivity index (χ1) is 6.27. The summed E-state index contributed by atoms with van der Waals surface area (Å²) in [6.07, 6.45) is 6.93. The number of ether oxygens (including phenoxy) is 1. The molecule has 3 heteroatoms. The highest BCUT2D eigenvalue weighted by Gasteiger charge is 1.93. The molecular formula is C10H19ClO2. The fourth-order valence-electron chi connectivity index (χ4n) is 1.12. The molecule has 78 valence electrons. The molecule has 0 aromatic carbocycles. The Hall–Kier alpha value is -0.240. The Kier molecular flexibility index (Phi) is 9.66. The summed E-state index contributed by atoms with van der Waals surface area (Å²) in [6, 6.07) is 0. The highest BCUT2D eigenvalue weighted by atomic mass is 35.5. The molecule has 0 bridgehead atoms. The number of alkyl halides is 1. The van der Waals surface area contributed by atoms with Crippen molar-refractivity contribution in [2.24, 2.45) is 0 Å². The standard InChI is InChI=1S/C10H19ClO2/c1-10(12)13-9-7-5-3-2-4-6-8-11/h2-9H2,1H3. The molecule has 0 saturated carbocycles. The number of halogens is 1. The van der Waals surface area contributed by atoms with Crippen LogP contribution in [0.3, 0.4) is 0 Å². The average Bonchev–Trinajstić information content (AvgIpc) is 2.09. The van der Waals surface area contributed by atoms with E-state index in [2.05, 4.69) is 0 Å². The van der Waals surface area contributed by atoms with Gasteiger partial charge in [-0.15, -0.1) is 11.6 Å². The van der Waals surface area contributed by atoms with Gasteiger partial charge in [0.15, 0.2) is 0 Å². The largest absolute Gasteiger partial charge is 0.466 e. The number of carbonyl (C=O) groups is 1. The van der Waals surface area contributed by atoms with Crippen molar-refractivity contribution in [3.8, 4) is 0 Å². The minimum atomic E-state index is -0.179. The Balaban J connectivity index is 2.87. The molecule has 0 aromatic heterocycles. The van der Waals surface area contributed by atoms with Gasteiger partial charge in [-0.25, -0.2) is 0 Å². The predicted molar refractivity (Wildman–Crippen MR) is 55.1 cm³/mol. The molecule has 2 nitrogen and oxygen atoms in total. The SMILES string of the molecule is CC(=O)OCCCCCCCCCl. The molecule has 0 N–H and O–H groups in total. The Morgan fingerprint density at radius 3 is 2.15 bits per heavy atom. The zero-order valence-electron chi connectivity index (χ0n) is 8.35. The number of rotatable bonds is 8. The Morgan fingerprint density at radius 1 is 1.08 bits per heavy atom. The summed E-state index contributed by atoms with van der Waals surface area (Å²) in [6.45, 7) is 2.02. The first-order valence-corrected chi connectivity index (χ1v) is 5.50. The van der Waals surface area contributed by atoms with E-state index in [4.69, 9.17) is 16.3 Å². The molecule has 0 spiro atoms. The van der Waals surface area contributed by atoms with Crippen LogP contribution >= 0.6 is 11.6 Å². The van der Waals surface area contributed by atoms with E-state index in [1.807, 2.05) is 0 Å². The van der Waals surface area contributed by atoms with Gasteiger partial charge < -0.3 is 4.74 Å². The van der Waals surface area contributed by atoms with Gasteiger partial charge in [0.1, 0.15) is 0 Å². The summed E-state index contributed by atoms with van der Waals surface area (Å²) >= 11 is 5.54. The second-order valence-electron chi connectivity index (χ2n) is 3.15. The Labute approximate surface area is 85.6 Å². The Morgan fingerprint density at radius 2 is 1.62 bits per heavy atom.